The van der Waals surface area contributed by atoms with Crippen molar-refractivity contribution >= 4 is 30.7 Å². The molecule has 116 valence electrons. The Morgan fingerprint density at radius 3 is 2.30 bits per heavy atom. The van der Waals surface area contributed by atoms with E-state index < -0.39 is 6.04 Å². The maximum Gasteiger partial charge on any atom is 0.241 e. The van der Waals surface area contributed by atoms with Crippen molar-refractivity contribution in [2.45, 2.75) is 12.5 Å². The maximum atomic E-state index is 12.9. The monoisotopic (exact) mass is 325 g/mol. The molecule has 1 atom stereocenters. The molecule has 1 aromatic rings. The Hall–Kier alpha value is -0.880. The number of rotatable bonds is 6. The van der Waals surface area contributed by atoms with E-state index in [1.807, 2.05) is 14.1 Å². The average Bonchev–Trinajstić information content (AvgIpc) is 2.32. The predicted octanol–water partition coefficient (Wildman–Crippen LogP) is 1.74. The molecule has 0 fully saturated rings. The maximum absolute atomic E-state index is 12.9. The number of halogens is 3. The molecule has 4 nitrogen and oxygen atoms in total. The van der Waals surface area contributed by atoms with E-state index in [1.165, 1.54) is 12.1 Å². The second kappa shape index (κ2) is 10.9. The SMILES string of the molecule is CN(C)C(C(=O)NCCCN)c1ccc(F)cc1.Cl.Cl. The molecule has 1 rings (SSSR count). The van der Waals surface area contributed by atoms with Crippen LogP contribution in [-0.2, 0) is 4.79 Å². The van der Waals surface area contributed by atoms with Crippen molar-refractivity contribution in [3.8, 4) is 0 Å². The summed E-state index contributed by atoms with van der Waals surface area (Å²) in [5, 5.41) is 2.82. The van der Waals surface area contributed by atoms with E-state index in [1.54, 1.807) is 17.0 Å². The van der Waals surface area contributed by atoms with Crippen molar-refractivity contribution in [2.24, 2.45) is 5.73 Å². The zero-order valence-electron chi connectivity index (χ0n) is 11.6. The van der Waals surface area contributed by atoms with Crippen LogP contribution in [0.25, 0.3) is 0 Å². The highest BCUT2D eigenvalue weighted by Gasteiger charge is 2.22. The largest absolute Gasteiger partial charge is 0.354 e. The van der Waals surface area contributed by atoms with Crippen molar-refractivity contribution in [1.82, 2.24) is 10.2 Å². The summed E-state index contributed by atoms with van der Waals surface area (Å²) in [6.45, 7) is 1.10. The van der Waals surface area contributed by atoms with Gasteiger partial charge in [0.15, 0.2) is 0 Å². The number of benzene rings is 1. The number of carbonyl (C=O) groups excluding carboxylic acids is 1. The van der Waals surface area contributed by atoms with Gasteiger partial charge in [0.1, 0.15) is 11.9 Å². The molecule has 0 saturated carbocycles. The van der Waals surface area contributed by atoms with Gasteiger partial charge < -0.3 is 11.1 Å². The summed E-state index contributed by atoms with van der Waals surface area (Å²) in [6.07, 6.45) is 0.745. The minimum atomic E-state index is -0.414. The van der Waals surface area contributed by atoms with E-state index in [0.29, 0.717) is 13.1 Å². The number of amides is 1. The lowest BCUT2D eigenvalue weighted by Crippen LogP contribution is -2.37. The Balaban J connectivity index is 0. The van der Waals surface area contributed by atoms with E-state index in [2.05, 4.69) is 5.32 Å². The van der Waals surface area contributed by atoms with Crippen molar-refractivity contribution in [3.63, 3.8) is 0 Å². The van der Waals surface area contributed by atoms with Gasteiger partial charge in [-0.25, -0.2) is 4.39 Å². The Bertz CT molecular complexity index is 388. The van der Waals surface area contributed by atoms with Crippen LogP contribution < -0.4 is 11.1 Å². The van der Waals surface area contributed by atoms with Crippen LogP contribution in [-0.4, -0.2) is 38.0 Å². The van der Waals surface area contributed by atoms with Gasteiger partial charge in [0.25, 0.3) is 0 Å². The molecule has 0 saturated heterocycles. The molecule has 0 aliphatic carbocycles. The standard InChI is InChI=1S/C13H20FN3O.2ClH/c1-17(2)12(13(18)16-9-3-8-15)10-4-6-11(14)7-5-10;;/h4-7,12H,3,8-9,15H2,1-2H3,(H,16,18);2*1H. The molecule has 0 spiro atoms. The van der Waals surface area contributed by atoms with Crippen molar-refractivity contribution in [1.29, 1.82) is 0 Å². The highest BCUT2D eigenvalue weighted by molar-refractivity contribution is 5.85. The fraction of sp³-hybridized carbons (Fsp3) is 0.462. The number of likely N-dealkylation sites (N-methyl/N-ethyl adjacent to an activating group) is 1. The average molecular weight is 326 g/mol. The highest BCUT2D eigenvalue weighted by atomic mass is 35.5. The van der Waals surface area contributed by atoms with E-state index in [0.717, 1.165) is 12.0 Å². The quantitative estimate of drug-likeness (QED) is 0.783. The molecule has 0 bridgehead atoms. The molecular formula is C13H22Cl2FN3O. The smallest absolute Gasteiger partial charge is 0.241 e. The third-order valence-electron chi connectivity index (χ3n) is 2.63. The summed E-state index contributed by atoms with van der Waals surface area (Å²) in [6, 6.07) is 5.56. The topological polar surface area (TPSA) is 58.4 Å². The molecular weight excluding hydrogens is 304 g/mol. The van der Waals surface area contributed by atoms with E-state index >= 15 is 0 Å². The van der Waals surface area contributed by atoms with Crippen LogP contribution in [0.3, 0.4) is 0 Å². The first-order valence-corrected chi connectivity index (χ1v) is 5.96. The number of nitrogens with zero attached hydrogens (tertiary/aromatic N) is 1. The third-order valence-corrected chi connectivity index (χ3v) is 2.63. The Kier molecular flexibility index (Phi) is 11.6. The first kappa shape index (κ1) is 21.4. The van der Waals surface area contributed by atoms with E-state index in [9.17, 15) is 9.18 Å². The zero-order chi connectivity index (χ0) is 13.5. The number of nitrogens with two attached hydrogens (primary N) is 1. The lowest BCUT2D eigenvalue weighted by atomic mass is 10.1. The molecule has 0 radical (unpaired) electrons. The van der Waals surface area contributed by atoms with Gasteiger partial charge in [-0.15, -0.1) is 24.8 Å². The predicted molar refractivity (Wildman–Crippen MR) is 84.0 cm³/mol. The lowest BCUT2D eigenvalue weighted by molar-refractivity contribution is -0.125. The van der Waals surface area contributed by atoms with Crippen molar-refractivity contribution in [3.05, 3.63) is 35.6 Å². The fourth-order valence-electron chi connectivity index (χ4n) is 1.74. The summed E-state index contributed by atoms with van der Waals surface area (Å²) in [4.78, 5) is 13.9. The molecule has 0 aliphatic heterocycles. The van der Waals surface area contributed by atoms with Gasteiger partial charge >= 0.3 is 0 Å². The molecule has 3 N–H and O–H groups in total. The number of nitrogens with one attached hydrogen (secondary N) is 1. The molecule has 7 heteroatoms. The second-order valence-electron chi connectivity index (χ2n) is 4.35. The van der Waals surface area contributed by atoms with Gasteiger partial charge in [-0.1, -0.05) is 12.1 Å². The van der Waals surface area contributed by atoms with Gasteiger partial charge in [0.2, 0.25) is 5.91 Å². The molecule has 20 heavy (non-hydrogen) atoms. The molecule has 1 unspecified atom stereocenters. The number of hydrogen-bond donors (Lipinski definition) is 2. The highest BCUT2D eigenvalue weighted by Crippen LogP contribution is 2.18. The zero-order valence-corrected chi connectivity index (χ0v) is 13.3. The van der Waals surface area contributed by atoms with Crippen LogP contribution in [0.4, 0.5) is 4.39 Å². The van der Waals surface area contributed by atoms with Crippen LogP contribution in [0.5, 0.6) is 0 Å². The first-order valence-electron chi connectivity index (χ1n) is 5.96. The normalized spacial score (nSPS) is 11.2. The van der Waals surface area contributed by atoms with Gasteiger partial charge in [-0.2, -0.15) is 0 Å². The number of hydrogen-bond acceptors (Lipinski definition) is 3. The minimum Gasteiger partial charge on any atom is -0.354 e. The molecule has 1 amide bonds. The summed E-state index contributed by atoms with van der Waals surface area (Å²) in [5.41, 5.74) is 6.15. The number of carbonyl (C=O) groups is 1. The summed E-state index contributed by atoms with van der Waals surface area (Å²) in [5.74, 6) is -0.403. The first-order chi connectivity index (χ1) is 8.56. The molecule has 1 aromatic carbocycles. The molecule has 0 aromatic heterocycles. The van der Waals surface area contributed by atoms with E-state index in [-0.39, 0.29) is 36.5 Å². The van der Waals surface area contributed by atoms with Gasteiger partial charge in [0.05, 0.1) is 0 Å². The van der Waals surface area contributed by atoms with Gasteiger partial charge in [0, 0.05) is 6.54 Å². The lowest BCUT2D eigenvalue weighted by Gasteiger charge is -2.23. The molecule has 0 aliphatic rings. The minimum absolute atomic E-state index is 0. The Labute approximate surface area is 131 Å². The summed E-state index contributed by atoms with van der Waals surface area (Å²) in [7, 11) is 3.63. The van der Waals surface area contributed by atoms with Crippen LogP contribution >= 0.6 is 24.8 Å². The van der Waals surface area contributed by atoms with Gasteiger partial charge in [-0.3, -0.25) is 9.69 Å². The van der Waals surface area contributed by atoms with Crippen molar-refractivity contribution < 1.29 is 9.18 Å². The fourth-order valence-corrected chi connectivity index (χ4v) is 1.74. The Morgan fingerprint density at radius 2 is 1.85 bits per heavy atom. The second-order valence-corrected chi connectivity index (χ2v) is 4.35. The Morgan fingerprint density at radius 1 is 1.30 bits per heavy atom. The van der Waals surface area contributed by atoms with Crippen LogP contribution in [0.1, 0.15) is 18.0 Å². The van der Waals surface area contributed by atoms with Crippen LogP contribution in [0.2, 0.25) is 0 Å². The van der Waals surface area contributed by atoms with Gasteiger partial charge in [-0.05, 0) is 44.8 Å². The third kappa shape index (κ3) is 6.52. The van der Waals surface area contributed by atoms with E-state index in [4.69, 9.17) is 5.73 Å². The summed E-state index contributed by atoms with van der Waals surface area (Å²) < 4.78 is 12.9. The molecule has 0 heterocycles. The van der Waals surface area contributed by atoms with Crippen LogP contribution in [0, 0.1) is 5.82 Å². The van der Waals surface area contributed by atoms with Crippen LogP contribution in [0.15, 0.2) is 24.3 Å². The van der Waals surface area contributed by atoms with Crippen molar-refractivity contribution in [2.75, 3.05) is 27.2 Å². The summed E-state index contributed by atoms with van der Waals surface area (Å²) >= 11 is 0.